The minimum Gasteiger partial charge on any atom is -0.494 e. The van der Waals surface area contributed by atoms with E-state index in [1.54, 1.807) is 30.0 Å². The smallest absolute Gasteiger partial charge is 0.255 e. The molecule has 1 amide bonds. The first-order valence-electron chi connectivity index (χ1n) is 5.86. The molecule has 1 aromatic carbocycles. The number of nitrogen functional groups attached to an aromatic ring is 1. The Morgan fingerprint density at radius 2 is 2.28 bits per heavy atom. The highest BCUT2D eigenvalue weighted by Gasteiger charge is 2.17. The molecule has 4 nitrogen and oxygen atoms in total. The van der Waals surface area contributed by atoms with Gasteiger partial charge in [0.15, 0.2) is 5.75 Å². The van der Waals surface area contributed by atoms with Gasteiger partial charge < -0.3 is 15.8 Å². The van der Waals surface area contributed by atoms with Crippen LogP contribution >= 0.6 is 11.8 Å². The van der Waals surface area contributed by atoms with Gasteiger partial charge in [0.2, 0.25) is 0 Å². The maximum atomic E-state index is 12.2. The molecule has 0 bridgehead atoms. The van der Waals surface area contributed by atoms with E-state index in [1.165, 1.54) is 7.11 Å². The van der Waals surface area contributed by atoms with Crippen LogP contribution in [0.3, 0.4) is 0 Å². The van der Waals surface area contributed by atoms with Crippen molar-refractivity contribution in [3.8, 4) is 5.75 Å². The van der Waals surface area contributed by atoms with Gasteiger partial charge in [0.25, 0.3) is 5.91 Å². The second-order valence-electron chi connectivity index (χ2n) is 3.96. The number of methoxy groups -OCH3 is 1. The third-order valence-electron chi connectivity index (χ3n) is 2.69. The molecule has 0 saturated heterocycles. The fraction of sp³-hybridized carbons (Fsp3) is 0.462. The number of carbonyl (C=O) groups excluding carboxylic acids is 1. The van der Waals surface area contributed by atoms with Crippen LogP contribution in [0.15, 0.2) is 18.2 Å². The molecule has 0 aliphatic heterocycles. The van der Waals surface area contributed by atoms with Gasteiger partial charge in [0.1, 0.15) is 0 Å². The molecule has 0 heterocycles. The van der Waals surface area contributed by atoms with Gasteiger partial charge in [0, 0.05) is 11.8 Å². The second-order valence-corrected chi connectivity index (χ2v) is 4.87. The SMILES string of the molecule is CCC(CSC)NC(=O)c1cccc(N)c1OC. The Morgan fingerprint density at radius 1 is 1.56 bits per heavy atom. The van der Waals surface area contributed by atoms with Crippen LogP contribution in [0.2, 0.25) is 0 Å². The lowest BCUT2D eigenvalue weighted by atomic mass is 10.1. The summed E-state index contributed by atoms with van der Waals surface area (Å²) < 4.78 is 5.18. The van der Waals surface area contributed by atoms with Crippen LogP contribution in [0.5, 0.6) is 5.75 Å². The van der Waals surface area contributed by atoms with Crippen LogP contribution in [0.4, 0.5) is 5.69 Å². The van der Waals surface area contributed by atoms with Gasteiger partial charge in [-0.15, -0.1) is 0 Å². The summed E-state index contributed by atoms with van der Waals surface area (Å²) in [5.74, 6) is 1.20. The fourth-order valence-electron chi connectivity index (χ4n) is 1.69. The number of nitrogens with one attached hydrogen (secondary N) is 1. The molecule has 0 spiro atoms. The maximum Gasteiger partial charge on any atom is 0.255 e. The van der Waals surface area contributed by atoms with Crippen LogP contribution in [-0.2, 0) is 0 Å². The largest absolute Gasteiger partial charge is 0.494 e. The molecule has 0 aliphatic carbocycles. The average molecular weight is 268 g/mol. The number of carbonyl (C=O) groups is 1. The predicted octanol–water partition coefficient (Wildman–Crippen LogP) is 2.15. The summed E-state index contributed by atoms with van der Waals surface area (Å²) in [4.78, 5) is 12.2. The molecule has 3 N–H and O–H groups in total. The van der Waals surface area contributed by atoms with E-state index < -0.39 is 0 Å². The van der Waals surface area contributed by atoms with Crippen LogP contribution < -0.4 is 15.8 Å². The van der Waals surface area contributed by atoms with Crippen molar-refractivity contribution in [2.24, 2.45) is 0 Å². The molecule has 5 heteroatoms. The first kappa shape index (κ1) is 14.7. The lowest BCUT2D eigenvalue weighted by Gasteiger charge is -2.17. The second kappa shape index (κ2) is 7.16. The number of nitrogens with two attached hydrogens (primary N) is 1. The number of ether oxygens (including phenoxy) is 1. The van der Waals surface area contributed by atoms with Crippen molar-refractivity contribution in [2.45, 2.75) is 19.4 Å². The topological polar surface area (TPSA) is 64.4 Å². The van der Waals surface area contributed by atoms with E-state index in [0.29, 0.717) is 17.0 Å². The first-order valence-corrected chi connectivity index (χ1v) is 7.25. The van der Waals surface area contributed by atoms with Crippen LogP contribution in [0, 0.1) is 0 Å². The van der Waals surface area contributed by atoms with Crippen LogP contribution in [-0.4, -0.2) is 31.1 Å². The molecule has 0 saturated carbocycles. The number of hydrogen-bond acceptors (Lipinski definition) is 4. The van der Waals surface area contributed by atoms with Crippen molar-refractivity contribution in [2.75, 3.05) is 24.9 Å². The molecule has 1 atom stereocenters. The third kappa shape index (κ3) is 3.57. The van der Waals surface area contributed by atoms with Crippen molar-refractivity contribution < 1.29 is 9.53 Å². The van der Waals surface area contributed by atoms with E-state index >= 15 is 0 Å². The van der Waals surface area contributed by atoms with Crippen molar-refractivity contribution in [3.05, 3.63) is 23.8 Å². The van der Waals surface area contributed by atoms with E-state index in [2.05, 4.69) is 12.2 Å². The Morgan fingerprint density at radius 3 is 2.83 bits per heavy atom. The average Bonchev–Trinajstić information content (AvgIpc) is 2.37. The summed E-state index contributed by atoms with van der Waals surface area (Å²) in [7, 11) is 1.52. The lowest BCUT2D eigenvalue weighted by molar-refractivity contribution is 0.0937. The molecule has 100 valence electrons. The first-order chi connectivity index (χ1) is 8.63. The fourth-order valence-corrected chi connectivity index (χ4v) is 2.41. The standard InChI is InChI=1S/C13H20N2O2S/c1-4-9(8-18-3)15-13(16)10-6-5-7-11(14)12(10)17-2/h5-7,9H,4,8,14H2,1-3H3,(H,15,16). The molecule has 18 heavy (non-hydrogen) atoms. The van der Waals surface area contributed by atoms with E-state index in [-0.39, 0.29) is 11.9 Å². The van der Waals surface area contributed by atoms with E-state index in [1.807, 2.05) is 6.26 Å². The van der Waals surface area contributed by atoms with E-state index in [4.69, 9.17) is 10.5 Å². The highest BCUT2D eigenvalue weighted by molar-refractivity contribution is 7.98. The molecule has 0 fully saturated rings. The molecule has 1 rings (SSSR count). The van der Waals surface area contributed by atoms with Crippen molar-refractivity contribution in [3.63, 3.8) is 0 Å². The Bertz CT molecular complexity index is 410. The highest BCUT2D eigenvalue weighted by Crippen LogP contribution is 2.25. The number of para-hydroxylation sites is 1. The maximum absolute atomic E-state index is 12.2. The summed E-state index contributed by atoms with van der Waals surface area (Å²) in [6, 6.07) is 5.35. The van der Waals surface area contributed by atoms with Gasteiger partial charge in [-0.1, -0.05) is 13.0 Å². The quantitative estimate of drug-likeness (QED) is 0.776. The molecule has 0 aliphatic rings. The molecule has 1 unspecified atom stereocenters. The Hall–Kier alpha value is -1.36. The van der Waals surface area contributed by atoms with E-state index in [9.17, 15) is 4.79 Å². The van der Waals surface area contributed by atoms with Gasteiger partial charge in [-0.2, -0.15) is 11.8 Å². The molecule has 0 radical (unpaired) electrons. The summed E-state index contributed by atoms with van der Waals surface area (Å²) in [5.41, 5.74) is 6.74. The summed E-state index contributed by atoms with van der Waals surface area (Å²) in [6.07, 6.45) is 2.92. The number of benzene rings is 1. The zero-order valence-corrected chi connectivity index (χ0v) is 11.8. The number of anilines is 1. The molecule has 0 aromatic heterocycles. The Labute approximate surface area is 112 Å². The van der Waals surface area contributed by atoms with Gasteiger partial charge in [0.05, 0.1) is 18.4 Å². The number of thioether (sulfide) groups is 1. The van der Waals surface area contributed by atoms with Gasteiger partial charge in [-0.05, 0) is 24.8 Å². The summed E-state index contributed by atoms with van der Waals surface area (Å²) in [6.45, 7) is 2.05. The van der Waals surface area contributed by atoms with Gasteiger partial charge in [-0.3, -0.25) is 4.79 Å². The minimum atomic E-state index is -0.139. The van der Waals surface area contributed by atoms with Crippen LogP contribution in [0.1, 0.15) is 23.7 Å². The Balaban J connectivity index is 2.87. The summed E-state index contributed by atoms with van der Waals surface area (Å²) >= 11 is 1.71. The normalized spacial score (nSPS) is 11.9. The van der Waals surface area contributed by atoms with E-state index in [0.717, 1.165) is 12.2 Å². The number of hydrogen-bond donors (Lipinski definition) is 2. The van der Waals surface area contributed by atoms with Crippen molar-refractivity contribution in [1.82, 2.24) is 5.32 Å². The number of amides is 1. The molecular formula is C13H20N2O2S. The Kier molecular flexibility index (Phi) is 5.85. The predicted molar refractivity (Wildman–Crippen MR) is 77.3 cm³/mol. The highest BCUT2D eigenvalue weighted by atomic mass is 32.2. The number of rotatable bonds is 6. The third-order valence-corrected chi connectivity index (χ3v) is 3.43. The van der Waals surface area contributed by atoms with Crippen LogP contribution in [0.25, 0.3) is 0 Å². The zero-order chi connectivity index (χ0) is 13.5. The zero-order valence-electron chi connectivity index (χ0n) is 11.0. The summed E-state index contributed by atoms with van der Waals surface area (Å²) in [5, 5.41) is 2.99. The molecule has 1 aromatic rings. The lowest BCUT2D eigenvalue weighted by Crippen LogP contribution is -2.36. The van der Waals surface area contributed by atoms with Crippen molar-refractivity contribution >= 4 is 23.4 Å². The van der Waals surface area contributed by atoms with Gasteiger partial charge >= 0.3 is 0 Å². The van der Waals surface area contributed by atoms with Crippen molar-refractivity contribution in [1.29, 1.82) is 0 Å². The van der Waals surface area contributed by atoms with Gasteiger partial charge in [-0.25, -0.2) is 0 Å². The minimum absolute atomic E-state index is 0.139. The monoisotopic (exact) mass is 268 g/mol. The molecular weight excluding hydrogens is 248 g/mol.